The Kier molecular flexibility index (Phi) is 5.19. The molecule has 0 spiro atoms. The third-order valence-electron chi connectivity index (χ3n) is 2.57. The number of hydrogen-bond acceptors (Lipinski definition) is 2. The molecule has 0 aromatic heterocycles. The van der Waals surface area contributed by atoms with Gasteiger partial charge in [-0.2, -0.15) is 0 Å². The molecule has 16 heavy (non-hydrogen) atoms. The molecule has 0 aliphatic rings. The van der Waals surface area contributed by atoms with E-state index in [4.69, 9.17) is 16.7 Å². The SMILES string of the molecule is CC(C)[C@@H](CO)NCc1ccc(Cl)cc1F. The minimum absolute atomic E-state index is 0.0184. The number of benzene rings is 1. The molecule has 0 radical (unpaired) electrons. The van der Waals surface area contributed by atoms with Crippen molar-refractivity contribution in [2.24, 2.45) is 5.92 Å². The zero-order valence-corrected chi connectivity index (χ0v) is 10.3. The normalized spacial score (nSPS) is 13.1. The van der Waals surface area contributed by atoms with Crippen molar-refractivity contribution < 1.29 is 9.50 Å². The molecule has 0 unspecified atom stereocenters. The summed E-state index contributed by atoms with van der Waals surface area (Å²) in [4.78, 5) is 0. The number of hydrogen-bond donors (Lipinski definition) is 2. The first-order chi connectivity index (χ1) is 7.54. The molecular formula is C12H17ClFNO. The minimum atomic E-state index is -0.319. The van der Waals surface area contributed by atoms with Gasteiger partial charge in [-0.05, 0) is 18.1 Å². The number of nitrogens with one attached hydrogen (secondary N) is 1. The maximum Gasteiger partial charge on any atom is 0.129 e. The molecule has 0 saturated carbocycles. The topological polar surface area (TPSA) is 32.3 Å². The van der Waals surface area contributed by atoms with Crippen LogP contribution in [0.1, 0.15) is 19.4 Å². The minimum Gasteiger partial charge on any atom is -0.395 e. The molecule has 1 atom stereocenters. The van der Waals surface area contributed by atoms with E-state index in [1.54, 1.807) is 12.1 Å². The quantitative estimate of drug-likeness (QED) is 0.836. The van der Waals surface area contributed by atoms with E-state index in [2.05, 4.69) is 5.32 Å². The van der Waals surface area contributed by atoms with Crippen molar-refractivity contribution in [3.05, 3.63) is 34.6 Å². The number of aliphatic hydroxyl groups excluding tert-OH is 1. The molecule has 0 bridgehead atoms. The van der Waals surface area contributed by atoms with Crippen LogP contribution in [0.15, 0.2) is 18.2 Å². The summed E-state index contributed by atoms with van der Waals surface area (Å²) in [5.41, 5.74) is 0.559. The lowest BCUT2D eigenvalue weighted by molar-refractivity contribution is 0.209. The van der Waals surface area contributed by atoms with Gasteiger partial charge in [-0.3, -0.25) is 0 Å². The van der Waals surface area contributed by atoms with Crippen LogP contribution in [0, 0.1) is 11.7 Å². The summed E-state index contributed by atoms with van der Waals surface area (Å²) in [5.74, 6) is -0.0131. The molecule has 0 fully saturated rings. The van der Waals surface area contributed by atoms with E-state index in [1.165, 1.54) is 6.07 Å². The van der Waals surface area contributed by atoms with Gasteiger partial charge in [0.2, 0.25) is 0 Å². The number of halogens is 2. The Morgan fingerprint density at radius 3 is 2.62 bits per heavy atom. The summed E-state index contributed by atoms with van der Waals surface area (Å²) in [6.45, 7) is 4.46. The van der Waals surface area contributed by atoms with Crippen molar-refractivity contribution in [1.29, 1.82) is 0 Å². The van der Waals surface area contributed by atoms with Crippen LogP contribution in [-0.4, -0.2) is 17.8 Å². The maximum atomic E-state index is 13.4. The smallest absolute Gasteiger partial charge is 0.129 e. The van der Waals surface area contributed by atoms with Crippen molar-refractivity contribution in [3.8, 4) is 0 Å². The molecule has 0 aliphatic carbocycles. The lowest BCUT2D eigenvalue weighted by atomic mass is 10.1. The molecule has 0 saturated heterocycles. The van der Waals surface area contributed by atoms with Crippen LogP contribution in [0.3, 0.4) is 0 Å². The van der Waals surface area contributed by atoms with E-state index < -0.39 is 0 Å². The van der Waals surface area contributed by atoms with Gasteiger partial charge in [0.15, 0.2) is 0 Å². The van der Waals surface area contributed by atoms with Gasteiger partial charge in [-0.25, -0.2) is 4.39 Å². The van der Waals surface area contributed by atoms with Crippen LogP contribution in [0.2, 0.25) is 5.02 Å². The van der Waals surface area contributed by atoms with Crippen molar-refractivity contribution in [2.75, 3.05) is 6.61 Å². The Labute approximate surface area is 100 Å². The fraction of sp³-hybridized carbons (Fsp3) is 0.500. The third kappa shape index (κ3) is 3.74. The van der Waals surface area contributed by atoms with E-state index in [0.717, 1.165) is 0 Å². The Hall–Kier alpha value is -0.640. The van der Waals surface area contributed by atoms with Crippen LogP contribution >= 0.6 is 11.6 Å². The molecule has 1 rings (SSSR count). The Morgan fingerprint density at radius 2 is 2.12 bits per heavy atom. The van der Waals surface area contributed by atoms with Crippen LogP contribution in [0.5, 0.6) is 0 Å². The molecule has 90 valence electrons. The molecule has 0 heterocycles. The van der Waals surface area contributed by atoms with Crippen molar-refractivity contribution in [3.63, 3.8) is 0 Å². The zero-order valence-electron chi connectivity index (χ0n) is 9.50. The molecule has 0 amide bonds. The highest BCUT2D eigenvalue weighted by Crippen LogP contribution is 2.14. The lowest BCUT2D eigenvalue weighted by Gasteiger charge is -2.20. The molecular weight excluding hydrogens is 229 g/mol. The van der Waals surface area contributed by atoms with Crippen molar-refractivity contribution in [2.45, 2.75) is 26.4 Å². The third-order valence-corrected chi connectivity index (χ3v) is 2.81. The second-order valence-electron chi connectivity index (χ2n) is 4.15. The van der Waals surface area contributed by atoms with Gasteiger partial charge in [-0.15, -0.1) is 0 Å². The standard InChI is InChI=1S/C12H17ClFNO/c1-8(2)12(7-16)15-6-9-3-4-10(13)5-11(9)14/h3-5,8,12,15-16H,6-7H2,1-2H3/t12-/m1/s1. The van der Waals surface area contributed by atoms with Gasteiger partial charge < -0.3 is 10.4 Å². The van der Waals surface area contributed by atoms with Crippen LogP contribution < -0.4 is 5.32 Å². The van der Waals surface area contributed by atoms with Gasteiger partial charge >= 0.3 is 0 Å². The fourth-order valence-electron chi connectivity index (χ4n) is 1.42. The van der Waals surface area contributed by atoms with E-state index >= 15 is 0 Å². The van der Waals surface area contributed by atoms with E-state index in [1.807, 2.05) is 13.8 Å². The Bertz CT molecular complexity index is 344. The number of rotatable bonds is 5. The molecule has 1 aromatic carbocycles. The predicted octanol–water partition coefficient (Wildman–Crippen LogP) is 2.59. The highest BCUT2D eigenvalue weighted by molar-refractivity contribution is 6.30. The van der Waals surface area contributed by atoms with Crippen molar-refractivity contribution >= 4 is 11.6 Å². The van der Waals surface area contributed by atoms with Crippen LogP contribution in [0.25, 0.3) is 0 Å². The molecule has 4 heteroatoms. The fourth-order valence-corrected chi connectivity index (χ4v) is 1.58. The first-order valence-corrected chi connectivity index (χ1v) is 5.70. The summed E-state index contributed by atoms with van der Waals surface area (Å²) in [5, 5.41) is 12.6. The summed E-state index contributed by atoms with van der Waals surface area (Å²) in [7, 11) is 0. The average molecular weight is 246 g/mol. The van der Waals surface area contributed by atoms with Gasteiger partial charge in [0.05, 0.1) is 6.61 Å². The first kappa shape index (κ1) is 13.4. The van der Waals surface area contributed by atoms with Crippen molar-refractivity contribution in [1.82, 2.24) is 5.32 Å². The highest BCUT2D eigenvalue weighted by atomic mass is 35.5. The Morgan fingerprint density at radius 1 is 1.44 bits per heavy atom. The van der Waals surface area contributed by atoms with Gasteiger partial charge in [0.1, 0.15) is 5.82 Å². The largest absolute Gasteiger partial charge is 0.395 e. The predicted molar refractivity (Wildman–Crippen MR) is 64.0 cm³/mol. The second-order valence-corrected chi connectivity index (χ2v) is 4.59. The molecule has 2 N–H and O–H groups in total. The second kappa shape index (κ2) is 6.18. The van der Waals surface area contributed by atoms with E-state index in [0.29, 0.717) is 23.0 Å². The van der Waals surface area contributed by atoms with E-state index in [-0.39, 0.29) is 18.5 Å². The highest BCUT2D eigenvalue weighted by Gasteiger charge is 2.12. The van der Waals surface area contributed by atoms with Crippen LogP contribution in [-0.2, 0) is 6.54 Å². The van der Waals surface area contributed by atoms with Gasteiger partial charge in [0, 0.05) is 23.2 Å². The average Bonchev–Trinajstić information content (AvgIpc) is 2.21. The number of aliphatic hydroxyl groups is 1. The summed E-state index contributed by atoms with van der Waals surface area (Å²) < 4.78 is 13.4. The van der Waals surface area contributed by atoms with Gasteiger partial charge in [0.25, 0.3) is 0 Å². The Balaban J connectivity index is 2.60. The van der Waals surface area contributed by atoms with Gasteiger partial charge in [-0.1, -0.05) is 31.5 Å². The monoisotopic (exact) mass is 245 g/mol. The van der Waals surface area contributed by atoms with Crippen LogP contribution in [0.4, 0.5) is 4.39 Å². The molecule has 0 aliphatic heterocycles. The first-order valence-electron chi connectivity index (χ1n) is 5.32. The summed E-state index contributed by atoms with van der Waals surface area (Å²) >= 11 is 5.66. The molecule has 2 nitrogen and oxygen atoms in total. The van der Waals surface area contributed by atoms with E-state index in [9.17, 15) is 4.39 Å². The lowest BCUT2D eigenvalue weighted by Crippen LogP contribution is -2.36. The maximum absolute atomic E-state index is 13.4. The summed E-state index contributed by atoms with van der Waals surface area (Å²) in [6, 6.07) is 4.59. The summed E-state index contributed by atoms with van der Waals surface area (Å²) in [6.07, 6.45) is 0. The zero-order chi connectivity index (χ0) is 12.1. The molecule has 1 aromatic rings.